The molecule has 3 amide bonds. The number of nitrogens with zero attached hydrogens (tertiary/aromatic N) is 2. The Morgan fingerprint density at radius 3 is 2.55 bits per heavy atom. The zero-order valence-corrected chi connectivity index (χ0v) is 16.2. The van der Waals surface area contributed by atoms with Crippen molar-refractivity contribution in [2.75, 3.05) is 16.8 Å². The van der Waals surface area contributed by atoms with E-state index in [4.69, 9.17) is 11.6 Å². The molecule has 6 rings (SSSR count). The van der Waals surface area contributed by atoms with Gasteiger partial charge in [-0.2, -0.15) is 0 Å². The molecule has 1 N–H and O–H groups in total. The summed E-state index contributed by atoms with van der Waals surface area (Å²) in [5.74, 6) is -1.95. The van der Waals surface area contributed by atoms with Crippen LogP contribution >= 0.6 is 11.6 Å². The fourth-order valence-electron chi connectivity index (χ4n) is 6.00. The molecule has 6 nitrogen and oxygen atoms in total. The maximum absolute atomic E-state index is 13.7. The van der Waals surface area contributed by atoms with Gasteiger partial charge < -0.3 is 5.32 Å². The zero-order valence-electron chi connectivity index (χ0n) is 15.5. The number of benzene rings is 2. The highest BCUT2D eigenvalue weighted by molar-refractivity contribution is 6.31. The highest BCUT2D eigenvalue weighted by Crippen LogP contribution is 2.60. The number of hydrogen-bond acceptors (Lipinski definition) is 4. The third kappa shape index (κ3) is 1.93. The Morgan fingerprint density at radius 2 is 1.76 bits per heavy atom. The molecule has 4 heterocycles. The quantitative estimate of drug-likeness (QED) is 0.738. The third-order valence-electron chi connectivity index (χ3n) is 6.98. The van der Waals surface area contributed by atoms with Crippen LogP contribution in [0.1, 0.15) is 18.4 Å². The first-order chi connectivity index (χ1) is 14.0. The zero-order chi connectivity index (χ0) is 19.9. The van der Waals surface area contributed by atoms with Crippen LogP contribution in [0.5, 0.6) is 0 Å². The van der Waals surface area contributed by atoms with Crippen molar-refractivity contribution >= 4 is 40.7 Å². The van der Waals surface area contributed by atoms with E-state index in [1.807, 2.05) is 24.3 Å². The first-order valence-corrected chi connectivity index (χ1v) is 10.2. The van der Waals surface area contributed by atoms with Crippen LogP contribution in [0.15, 0.2) is 48.5 Å². The molecule has 29 heavy (non-hydrogen) atoms. The molecule has 0 bridgehead atoms. The molecule has 4 atom stereocenters. The van der Waals surface area contributed by atoms with Gasteiger partial charge >= 0.3 is 0 Å². The van der Waals surface area contributed by atoms with Gasteiger partial charge in [0.2, 0.25) is 17.7 Å². The summed E-state index contributed by atoms with van der Waals surface area (Å²) in [7, 11) is 0. The van der Waals surface area contributed by atoms with E-state index in [0.717, 1.165) is 24.1 Å². The summed E-state index contributed by atoms with van der Waals surface area (Å²) in [6, 6.07) is 14.1. The number of imide groups is 1. The van der Waals surface area contributed by atoms with E-state index in [-0.39, 0.29) is 23.8 Å². The number of anilines is 2. The molecular formula is C22H18ClN3O3. The van der Waals surface area contributed by atoms with Gasteiger partial charge in [0.15, 0.2) is 0 Å². The Labute approximate surface area is 172 Å². The van der Waals surface area contributed by atoms with Crippen molar-refractivity contribution in [3.8, 4) is 0 Å². The summed E-state index contributed by atoms with van der Waals surface area (Å²) in [6.07, 6.45) is 1.72. The molecule has 3 fully saturated rings. The maximum atomic E-state index is 13.7. The van der Waals surface area contributed by atoms with Gasteiger partial charge in [-0.15, -0.1) is 0 Å². The van der Waals surface area contributed by atoms with Crippen LogP contribution in [0.4, 0.5) is 11.4 Å². The molecule has 0 unspecified atom stereocenters. The van der Waals surface area contributed by atoms with Gasteiger partial charge in [-0.3, -0.25) is 19.3 Å². The van der Waals surface area contributed by atoms with Crippen molar-refractivity contribution in [3.05, 3.63) is 59.1 Å². The Kier molecular flexibility index (Phi) is 3.36. The minimum atomic E-state index is -1.11. The summed E-state index contributed by atoms with van der Waals surface area (Å²) in [5, 5.41) is 3.51. The molecule has 0 aromatic heterocycles. The molecule has 0 radical (unpaired) electrons. The number of hydrogen-bond donors (Lipinski definition) is 1. The largest absolute Gasteiger partial charge is 0.324 e. The molecular weight excluding hydrogens is 390 g/mol. The Hall–Kier alpha value is -2.70. The van der Waals surface area contributed by atoms with Crippen LogP contribution in [0.25, 0.3) is 0 Å². The molecule has 3 saturated heterocycles. The Bertz CT molecular complexity index is 1080. The maximum Gasteiger partial charge on any atom is 0.250 e. The number of carbonyl (C=O) groups excluding carboxylic acids is 3. The first kappa shape index (κ1) is 17.2. The van der Waals surface area contributed by atoms with Gasteiger partial charge in [-0.1, -0.05) is 29.8 Å². The molecule has 4 aliphatic heterocycles. The monoisotopic (exact) mass is 407 g/mol. The van der Waals surface area contributed by atoms with E-state index in [2.05, 4.69) is 10.2 Å². The third-order valence-corrected chi connectivity index (χ3v) is 7.24. The van der Waals surface area contributed by atoms with E-state index in [1.165, 1.54) is 4.90 Å². The van der Waals surface area contributed by atoms with E-state index < -0.39 is 17.4 Å². The Morgan fingerprint density at radius 1 is 1.00 bits per heavy atom. The van der Waals surface area contributed by atoms with Crippen LogP contribution in [0.2, 0.25) is 5.02 Å². The average Bonchev–Trinajstić information content (AvgIpc) is 3.41. The van der Waals surface area contributed by atoms with Crippen molar-refractivity contribution in [2.24, 2.45) is 11.8 Å². The first-order valence-electron chi connectivity index (χ1n) is 9.86. The molecule has 1 spiro atoms. The predicted molar refractivity (Wildman–Crippen MR) is 107 cm³/mol. The summed E-state index contributed by atoms with van der Waals surface area (Å²) in [5.41, 5.74) is 0.929. The van der Waals surface area contributed by atoms with E-state index in [9.17, 15) is 14.4 Å². The smallest absolute Gasteiger partial charge is 0.250 e. The van der Waals surface area contributed by atoms with Gasteiger partial charge in [0.25, 0.3) is 0 Å². The lowest BCUT2D eigenvalue weighted by Gasteiger charge is -2.36. The number of halogens is 1. The highest BCUT2D eigenvalue weighted by atomic mass is 35.5. The molecule has 146 valence electrons. The Balaban J connectivity index is 1.55. The van der Waals surface area contributed by atoms with Crippen molar-refractivity contribution in [3.63, 3.8) is 0 Å². The summed E-state index contributed by atoms with van der Waals surface area (Å²) in [4.78, 5) is 44.0. The number of nitrogens with one attached hydrogen (secondary N) is 1. The molecule has 4 aliphatic rings. The second-order valence-corrected chi connectivity index (χ2v) is 8.60. The summed E-state index contributed by atoms with van der Waals surface area (Å²) in [6.45, 7) is 0.709. The van der Waals surface area contributed by atoms with Crippen LogP contribution in [0, 0.1) is 11.8 Å². The number of carbonyl (C=O) groups is 3. The second-order valence-electron chi connectivity index (χ2n) is 8.16. The standard InChI is InChI=1S/C22H18ClN3O3/c23-12-7-9-13(10-8-12)26-19(27)17-16-6-3-11-25(16)22(18(17)20(26)28)14-4-1-2-5-15(14)24-21(22)29/h1-2,4-5,7-10,16-18H,3,6,11H2,(H,24,29)/t16-,17-,18+,22+/m1/s1. The SMILES string of the molecule is O=C1[C@@H]2[C@H]3CCCN3[C@]3(C(=O)Nc4ccccc43)[C@@H]2C(=O)N1c1ccc(Cl)cc1. The number of rotatable bonds is 1. The summed E-state index contributed by atoms with van der Waals surface area (Å²) >= 11 is 5.99. The average molecular weight is 408 g/mol. The van der Waals surface area contributed by atoms with Crippen molar-refractivity contribution < 1.29 is 14.4 Å². The van der Waals surface area contributed by atoms with Crippen LogP contribution in [-0.4, -0.2) is 35.2 Å². The molecule has 0 saturated carbocycles. The second kappa shape index (κ2) is 5.68. The molecule has 7 heteroatoms. The van der Waals surface area contributed by atoms with Gasteiger partial charge in [0.1, 0.15) is 5.54 Å². The van der Waals surface area contributed by atoms with E-state index in [0.29, 0.717) is 17.3 Å². The van der Waals surface area contributed by atoms with E-state index in [1.54, 1.807) is 24.3 Å². The lowest BCUT2D eigenvalue weighted by atomic mass is 9.75. The number of fused-ring (bicyclic) bond motifs is 7. The van der Waals surface area contributed by atoms with Gasteiger partial charge in [-0.25, -0.2) is 4.90 Å². The van der Waals surface area contributed by atoms with Crippen molar-refractivity contribution in [1.29, 1.82) is 0 Å². The van der Waals surface area contributed by atoms with Crippen molar-refractivity contribution in [2.45, 2.75) is 24.4 Å². The minimum absolute atomic E-state index is 0.106. The summed E-state index contributed by atoms with van der Waals surface area (Å²) < 4.78 is 0. The fraction of sp³-hybridized carbons (Fsp3) is 0.318. The topological polar surface area (TPSA) is 69.7 Å². The lowest BCUT2D eigenvalue weighted by molar-refractivity contribution is -0.135. The van der Waals surface area contributed by atoms with Gasteiger partial charge in [0.05, 0.1) is 17.5 Å². The fourth-order valence-corrected chi connectivity index (χ4v) is 6.13. The van der Waals surface area contributed by atoms with Gasteiger partial charge in [0, 0.05) is 22.3 Å². The number of amides is 3. The van der Waals surface area contributed by atoms with Gasteiger partial charge in [-0.05, 0) is 49.7 Å². The van der Waals surface area contributed by atoms with Crippen LogP contribution in [-0.2, 0) is 19.9 Å². The van der Waals surface area contributed by atoms with Crippen LogP contribution < -0.4 is 10.2 Å². The predicted octanol–water partition coefficient (Wildman–Crippen LogP) is 2.77. The molecule has 2 aromatic rings. The molecule has 0 aliphatic carbocycles. The lowest BCUT2D eigenvalue weighted by Crippen LogP contribution is -2.54. The normalized spacial score (nSPS) is 32.7. The van der Waals surface area contributed by atoms with E-state index >= 15 is 0 Å². The van der Waals surface area contributed by atoms with Crippen molar-refractivity contribution in [1.82, 2.24) is 4.90 Å². The number of para-hydroxylation sites is 1. The van der Waals surface area contributed by atoms with Crippen LogP contribution in [0.3, 0.4) is 0 Å². The molecule has 2 aromatic carbocycles. The highest BCUT2D eigenvalue weighted by Gasteiger charge is 2.74. The minimum Gasteiger partial charge on any atom is -0.324 e.